The summed E-state index contributed by atoms with van der Waals surface area (Å²) in [7, 11) is 0. The molecular formula is C14H21F3N2O2. The fourth-order valence-electron chi connectivity index (χ4n) is 1.51. The van der Waals surface area contributed by atoms with Crippen molar-refractivity contribution >= 4 is 0 Å². The van der Waals surface area contributed by atoms with Crippen LogP contribution < -0.4 is 10.1 Å². The Kier molecular flexibility index (Phi) is 5.98. The van der Waals surface area contributed by atoms with Crippen molar-refractivity contribution in [2.75, 3.05) is 13.2 Å². The van der Waals surface area contributed by atoms with Gasteiger partial charge in [0.1, 0.15) is 12.4 Å². The number of alkyl halides is 3. The van der Waals surface area contributed by atoms with Crippen molar-refractivity contribution in [3.63, 3.8) is 0 Å². The number of ether oxygens (including phenoxy) is 2. The molecule has 0 saturated heterocycles. The molecule has 120 valence electrons. The molecular weight excluding hydrogens is 285 g/mol. The molecule has 0 aromatic carbocycles. The number of aromatic nitrogens is 1. The van der Waals surface area contributed by atoms with Gasteiger partial charge < -0.3 is 10.1 Å². The third kappa shape index (κ3) is 7.87. The van der Waals surface area contributed by atoms with E-state index in [9.17, 15) is 13.2 Å². The molecule has 7 heteroatoms. The molecule has 1 heterocycles. The van der Waals surface area contributed by atoms with Crippen molar-refractivity contribution in [2.24, 2.45) is 0 Å². The van der Waals surface area contributed by atoms with Crippen LogP contribution in [0.25, 0.3) is 0 Å². The first-order valence-corrected chi connectivity index (χ1v) is 6.62. The zero-order valence-corrected chi connectivity index (χ0v) is 12.7. The lowest BCUT2D eigenvalue weighted by molar-refractivity contribution is -0.325. The van der Waals surface area contributed by atoms with E-state index in [-0.39, 0.29) is 12.1 Å². The Labute approximate surface area is 122 Å². The molecule has 0 aliphatic heterocycles. The lowest BCUT2D eigenvalue weighted by Crippen LogP contribution is -2.35. The van der Waals surface area contributed by atoms with Gasteiger partial charge in [-0.2, -0.15) is 0 Å². The number of hydrogen-bond donors (Lipinski definition) is 1. The molecule has 0 unspecified atom stereocenters. The molecule has 0 saturated carbocycles. The predicted octanol–water partition coefficient (Wildman–Crippen LogP) is 3.19. The van der Waals surface area contributed by atoms with Gasteiger partial charge >= 0.3 is 6.36 Å². The number of hydrogen-bond acceptors (Lipinski definition) is 4. The molecule has 0 fully saturated rings. The minimum absolute atomic E-state index is 0.0951. The normalized spacial score (nSPS) is 12.5. The SMILES string of the molecule is Cc1ccc(OCCOC(F)(F)F)c(CNC(C)(C)C)n1. The van der Waals surface area contributed by atoms with E-state index in [1.807, 2.05) is 27.7 Å². The summed E-state index contributed by atoms with van der Waals surface area (Å²) in [5.74, 6) is 0.461. The summed E-state index contributed by atoms with van der Waals surface area (Å²) in [6, 6.07) is 3.45. The van der Waals surface area contributed by atoms with Crippen LogP contribution in [-0.2, 0) is 11.3 Å². The summed E-state index contributed by atoms with van der Waals surface area (Å²) in [6.45, 7) is 7.62. The van der Waals surface area contributed by atoms with Crippen molar-refractivity contribution in [1.29, 1.82) is 0 Å². The highest BCUT2D eigenvalue weighted by molar-refractivity contribution is 5.29. The molecule has 0 radical (unpaired) electrons. The average Bonchev–Trinajstić information content (AvgIpc) is 2.31. The van der Waals surface area contributed by atoms with Crippen LogP contribution in [-0.4, -0.2) is 30.1 Å². The minimum Gasteiger partial charge on any atom is -0.489 e. The van der Waals surface area contributed by atoms with Gasteiger partial charge in [-0.3, -0.25) is 9.72 Å². The van der Waals surface area contributed by atoms with Gasteiger partial charge in [0.2, 0.25) is 0 Å². The van der Waals surface area contributed by atoms with Crippen LogP contribution >= 0.6 is 0 Å². The minimum atomic E-state index is -4.63. The quantitative estimate of drug-likeness (QED) is 0.820. The second-order valence-corrected chi connectivity index (χ2v) is 5.64. The lowest BCUT2D eigenvalue weighted by atomic mass is 10.1. The Bertz CT molecular complexity index is 457. The van der Waals surface area contributed by atoms with E-state index < -0.39 is 13.0 Å². The van der Waals surface area contributed by atoms with Gasteiger partial charge in [-0.25, -0.2) is 0 Å². The standard InChI is InChI=1S/C14H21F3N2O2/c1-10-5-6-12(20-7-8-21-14(15,16)17)11(19-10)9-18-13(2,3)4/h5-6,18H,7-9H2,1-4H3. The molecule has 0 spiro atoms. The molecule has 1 rings (SSSR count). The van der Waals surface area contributed by atoms with Crippen LogP contribution in [0.1, 0.15) is 32.2 Å². The van der Waals surface area contributed by atoms with E-state index in [0.29, 0.717) is 18.0 Å². The van der Waals surface area contributed by atoms with E-state index in [2.05, 4.69) is 15.0 Å². The maximum Gasteiger partial charge on any atom is 0.522 e. The van der Waals surface area contributed by atoms with Crippen LogP contribution in [0, 0.1) is 6.92 Å². The van der Waals surface area contributed by atoms with Crippen LogP contribution in [0.15, 0.2) is 12.1 Å². The molecule has 0 bridgehead atoms. The zero-order chi connectivity index (χ0) is 16.1. The molecule has 0 aliphatic rings. The number of halogens is 3. The Morgan fingerprint density at radius 2 is 1.81 bits per heavy atom. The molecule has 0 atom stereocenters. The third-order valence-corrected chi connectivity index (χ3v) is 2.46. The largest absolute Gasteiger partial charge is 0.522 e. The van der Waals surface area contributed by atoms with E-state index >= 15 is 0 Å². The fourth-order valence-corrected chi connectivity index (χ4v) is 1.51. The van der Waals surface area contributed by atoms with Gasteiger partial charge in [0.05, 0.1) is 12.3 Å². The second-order valence-electron chi connectivity index (χ2n) is 5.64. The highest BCUT2D eigenvalue weighted by atomic mass is 19.4. The van der Waals surface area contributed by atoms with Gasteiger partial charge in [0.25, 0.3) is 0 Å². The van der Waals surface area contributed by atoms with Crippen LogP contribution in [0.4, 0.5) is 13.2 Å². The lowest BCUT2D eigenvalue weighted by Gasteiger charge is -2.21. The van der Waals surface area contributed by atoms with Gasteiger partial charge in [-0.05, 0) is 39.8 Å². The number of rotatable bonds is 6. The topological polar surface area (TPSA) is 43.4 Å². The monoisotopic (exact) mass is 306 g/mol. The first-order valence-electron chi connectivity index (χ1n) is 6.62. The van der Waals surface area contributed by atoms with Gasteiger partial charge in [0, 0.05) is 17.8 Å². The highest BCUT2D eigenvalue weighted by Gasteiger charge is 2.28. The maximum atomic E-state index is 11.9. The maximum absolute atomic E-state index is 11.9. The van der Waals surface area contributed by atoms with Crippen LogP contribution in [0.5, 0.6) is 5.75 Å². The number of nitrogens with one attached hydrogen (secondary N) is 1. The molecule has 1 aromatic heterocycles. The van der Waals surface area contributed by atoms with Crippen molar-refractivity contribution in [2.45, 2.75) is 46.1 Å². The predicted molar refractivity (Wildman–Crippen MR) is 73.1 cm³/mol. The van der Waals surface area contributed by atoms with E-state index in [1.165, 1.54) is 0 Å². The molecule has 1 aromatic rings. The first kappa shape index (κ1) is 17.7. The molecule has 4 nitrogen and oxygen atoms in total. The summed E-state index contributed by atoms with van der Waals surface area (Å²) in [5.41, 5.74) is 1.39. The Balaban J connectivity index is 2.60. The fraction of sp³-hybridized carbons (Fsp3) is 0.643. The van der Waals surface area contributed by atoms with E-state index in [1.54, 1.807) is 12.1 Å². The molecule has 0 amide bonds. The third-order valence-electron chi connectivity index (χ3n) is 2.46. The first-order chi connectivity index (χ1) is 9.57. The molecule has 0 aliphatic carbocycles. The summed E-state index contributed by atoms with van der Waals surface area (Å²) in [5, 5.41) is 3.27. The molecule has 21 heavy (non-hydrogen) atoms. The smallest absolute Gasteiger partial charge is 0.489 e. The summed E-state index contributed by atoms with van der Waals surface area (Å²) in [4.78, 5) is 4.35. The van der Waals surface area contributed by atoms with Crippen molar-refractivity contribution < 1.29 is 22.6 Å². The summed E-state index contributed by atoms with van der Waals surface area (Å²) < 4.78 is 44.6. The second kappa shape index (κ2) is 7.09. The Morgan fingerprint density at radius 3 is 2.38 bits per heavy atom. The van der Waals surface area contributed by atoms with Crippen molar-refractivity contribution in [3.8, 4) is 5.75 Å². The number of pyridine rings is 1. The molecule has 1 N–H and O–H groups in total. The van der Waals surface area contributed by atoms with E-state index in [0.717, 1.165) is 5.69 Å². The van der Waals surface area contributed by atoms with Crippen molar-refractivity contribution in [3.05, 3.63) is 23.5 Å². The van der Waals surface area contributed by atoms with Gasteiger partial charge in [-0.15, -0.1) is 13.2 Å². The number of aryl methyl sites for hydroxylation is 1. The summed E-state index contributed by atoms with van der Waals surface area (Å²) in [6.07, 6.45) is -4.63. The van der Waals surface area contributed by atoms with Crippen molar-refractivity contribution in [1.82, 2.24) is 10.3 Å². The van der Waals surface area contributed by atoms with E-state index in [4.69, 9.17) is 4.74 Å². The summed E-state index contributed by atoms with van der Waals surface area (Å²) >= 11 is 0. The van der Waals surface area contributed by atoms with Gasteiger partial charge in [0.15, 0.2) is 0 Å². The average molecular weight is 306 g/mol. The Morgan fingerprint density at radius 1 is 1.14 bits per heavy atom. The van der Waals surface area contributed by atoms with Gasteiger partial charge in [-0.1, -0.05) is 0 Å². The number of nitrogens with zero attached hydrogens (tertiary/aromatic N) is 1. The van der Waals surface area contributed by atoms with Crippen LogP contribution in [0.3, 0.4) is 0 Å². The van der Waals surface area contributed by atoms with Crippen LogP contribution in [0.2, 0.25) is 0 Å². The Hall–Kier alpha value is -1.34. The highest BCUT2D eigenvalue weighted by Crippen LogP contribution is 2.19. The zero-order valence-electron chi connectivity index (χ0n) is 12.7.